The van der Waals surface area contributed by atoms with Crippen LogP contribution in [0.25, 0.3) is 0 Å². The van der Waals surface area contributed by atoms with Gasteiger partial charge in [0.05, 0.1) is 17.4 Å². The summed E-state index contributed by atoms with van der Waals surface area (Å²) in [5, 5.41) is 10.1. The predicted octanol–water partition coefficient (Wildman–Crippen LogP) is 1.85. The maximum atomic E-state index is 12.5. The molecule has 0 aliphatic rings. The van der Waals surface area contributed by atoms with E-state index in [0.29, 0.717) is 10.1 Å². The van der Waals surface area contributed by atoms with Gasteiger partial charge in [0.1, 0.15) is 0 Å². The van der Waals surface area contributed by atoms with E-state index < -0.39 is 21.8 Å². The van der Waals surface area contributed by atoms with E-state index in [9.17, 15) is 23.2 Å². The fourth-order valence-corrected chi connectivity index (χ4v) is 3.47. The highest BCUT2D eigenvalue weighted by Crippen LogP contribution is 2.16. The number of rotatable bonds is 8. The van der Waals surface area contributed by atoms with E-state index in [1.807, 2.05) is 4.72 Å². The Morgan fingerprint density at radius 2 is 1.77 bits per heavy atom. The van der Waals surface area contributed by atoms with Gasteiger partial charge >= 0.3 is 0 Å². The lowest BCUT2D eigenvalue weighted by atomic mass is 9.99. The van der Waals surface area contributed by atoms with Gasteiger partial charge in [-0.2, -0.15) is 0 Å². The Bertz CT molecular complexity index is 856. The topological polar surface area (TPSA) is 104 Å². The highest BCUT2D eigenvalue weighted by atomic mass is 35.5. The van der Waals surface area contributed by atoms with Crippen molar-refractivity contribution in [3.8, 4) is 0 Å². The molecule has 2 aromatic rings. The van der Waals surface area contributed by atoms with Gasteiger partial charge in [-0.05, 0) is 36.2 Å². The number of carbonyl (C=O) groups is 2. The quantitative estimate of drug-likeness (QED) is 0.402. The number of nitrogens with zero attached hydrogens (tertiary/aromatic N) is 1. The van der Waals surface area contributed by atoms with Crippen LogP contribution in [0.5, 0.6) is 0 Å². The van der Waals surface area contributed by atoms with Crippen LogP contribution in [0.3, 0.4) is 0 Å². The van der Waals surface area contributed by atoms with Crippen LogP contribution in [-0.2, 0) is 26.0 Å². The zero-order chi connectivity index (χ0) is 19.2. The van der Waals surface area contributed by atoms with Crippen molar-refractivity contribution in [1.82, 2.24) is 9.79 Å². The smallest absolute Gasteiger partial charge is 0.264 e. The van der Waals surface area contributed by atoms with Crippen molar-refractivity contribution in [2.75, 3.05) is 6.54 Å². The standard InChI is InChI=1S/C17H17ClN2O5S/c18-15-6-8-16(9-7-15)26(24,25)19-17(22)14(11-20(23)12-21)10-13-4-2-1-3-5-13/h1-9,12,14,23H,10-11H2,(H,19,22). The molecule has 9 heteroatoms. The highest BCUT2D eigenvalue weighted by molar-refractivity contribution is 7.90. The molecule has 2 rings (SSSR count). The van der Waals surface area contributed by atoms with Crippen molar-refractivity contribution in [2.45, 2.75) is 11.3 Å². The molecule has 0 bridgehead atoms. The van der Waals surface area contributed by atoms with Gasteiger partial charge in [-0.15, -0.1) is 0 Å². The third-order valence-corrected chi connectivity index (χ3v) is 5.20. The van der Waals surface area contributed by atoms with Crippen molar-refractivity contribution in [3.05, 3.63) is 65.2 Å². The van der Waals surface area contributed by atoms with Gasteiger partial charge < -0.3 is 0 Å². The van der Waals surface area contributed by atoms with Crippen molar-refractivity contribution < 1.29 is 23.2 Å². The molecule has 2 amide bonds. The van der Waals surface area contributed by atoms with Crippen LogP contribution in [0, 0.1) is 5.92 Å². The van der Waals surface area contributed by atoms with Crippen LogP contribution >= 0.6 is 11.6 Å². The average molecular weight is 397 g/mol. The van der Waals surface area contributed by atoms with E-state index in [2.05, 4.69) is 0 Å². The molecule has 0 aliphatic carbocycles. The molecule has 1 unspecified atom stereocenters. The number of hydroxylamine groups is 2. The van der Waals surface area contributed by atoms with Gasteiger partial charge in [-0.3, -0.25) is 14.8 Å². The maximum absolute atomic E-state index is 12.5. The molecule has 2 N–H and O–H groups in total. The normalized spacial score (nSPS) is 12.2. The first-order valence-corrected chi connectivity index (χ1v) is 9.45. The largest absolute Gasteiger partial charge is 0.286 e. The summed E-state index contributed by atoms with van der Waals surface area (Å²) in [7, 11) is -4.10. The molecule has 2 aromatic carbocycles. The Kier molecular flexibility index (Phi) is 6.73. The molecular weight excluding hydrogens is 380 g/mol. The summed E-state index contributed by atoms with van der Waals surface area (Å²) in [5.74, 6) is -1.79. The zero-order valence-electron chi connectivity index (χ0n) is 13.6. The van der Waals surface area contributed by atoms with E-state index in [1.165, 1.54) is 24.3 Å². The molecule has 0 saturated carbocycles. The number of benzene rings is 2. The molecule has 7 nitrogen and oxygen atoms in total. The van der Waals surface area contributed by atoms with Crippen molar-refractivity contribution in [1.29, 1.82) is 0 Å². The number of carbonyl (C=O) groups excluding carboxylic acids is 2. The molecular formula is C17H17ClN2O5S. The molecule has 1 atom stereocenters. The molecule has 138 valence electrons. The SMILES string of the molecule is O=CN(O)CC(Cc1ccccc1)C(=O)NS(=O)(=O)c1ccc(Cl)cc1. The second-order valence-corrected chi connectivity index (χ2v) is 7.66. The Hall–Kier alpha value is -2.42. The highest BCUT2D eigenvalue weighted by Gasteiger charge is 2.26. The molecule has 0 aliphatic heterocycles. The first-order chi connectivity index (χ1) is 12.3. The number of hydrogen-bond donors (Lipinski definition) is 2. The number of amides is 2. The van der Waals surface area contributed by atoms with Crippen LogP contribution in [0.4, 0.5) is 0 Å². The Labute approximate surface area is 156 Å². The molecule has 26 heavy (non-hydrogen) atoms. The lowest BCUT2D eigenvalue weighted by Crippen LogP contribution is -2.41. The van der Waals surface area contributed by atoms with Crippen molar-refractivity contribution in [3.63, 3.8) is 0 Å². The minimum atomic E-state index is -4.10. The van der Waals surface area contributed by atoms with Gasteiger partial charge in [-0.1, -0.05) is 41.9 Å². The summed E-state index contributed by atoms with van der Waals surface area (Å²) < 4.78 is 26.7. The number of sulfonamides is 1. The summed E-state index contributed by atoms with van der Waals surface area (Å²) in [4.78, 5) is 23.0. The summed E-state index contributed by atoms with van der Waals surface area (Å²) in [6.45, 7) is -0.347. The molecule has 0 spiro atoms. The first kappa shape index (κ1) is 19.9. The van der Waals surface area contributed by atoms with Crippen LogP contribution in [0.15, 0.2) is 59.5 Å². The Balaban J connectivity index is 2.19. The molecule has 0 heterocycles. The van der Waals surface area contributed by atoms with Crippen LogP contribution in [0.1, 0.15) is 5.56 Å². The number of hydrogen-bond acceptors (Lipinski definition) is 5. The monoisotopic (exact) mass is 396 g/mol. The fraction of sp³-hybridized carbons (Fsp3) is 0.176. The summed E-state index contributed by atoms with van der Waals surface area (Å²) in [6, 6.07) is 14.2. The lowest BCUT2D eigenvalue weighted by molar-refractivity contribution is -0.154. The number of nitrogens with one attached hydrogen (secondary N) is 1. The summed E-state index contributed by atoms with van der Waals surface area (Å²) in [5.41, 5.74) is 0.760. The Morgan fingerprint density at radius 1 is 1.15 bits per heavy atom. The van der Waals surface area contributed by atoms with E-state index >= 15 is 0 Å². The van der Waals surface area contributed by atoms with Gasteiger partial charge in [0.25, 0.3) is 10.0 Å². The van der Waals surface area contributed by atoms with Crippen LogP contribution < -0.4 is 4.72 Å². The third-order valence-electron chi connectivity index (χ3n) is 3.58. The third kappa shape index (κ3) is 5.55. The number of halogens is 1. The maximum Gasteiger partial charge on any atom is 0.264 e. The minimum absolute atomic E-state index is 0.120. The van der Waals surface area contributed by atoms with Crippen LogP contribution in [-0.4, -0.2) is 37.6 Å². The van der Waals surface area contributed by atoms with E-state index in [-0.39, 0.29) is 24.3 Å². The van der Waals surface area contributed by atoms with E-state index in [1.54, 1.807) is 30.3 Å². The van der Waals surface area contributed by atoms with E-state index in [4.69, 9.17) is 11.6 Å². The second kappa shape index (κ2) is 8.79. The zero-order valence-corrected chi connectivity index (χ0v) is 15.2. The molecule has 0 fully saturated rings. The van der Waals surface area contributed by atoms with E-state index in [0.717, 1.165) is 5.56 Å². The first-order valence-electron chi connectivity index (χ1n) is 7.59. The lowest BCUT2D eigenvalue weighted by Gasteiger charge is -2.19. The fourth-order valence-electron chi connectivity index (χ4n) is 2.30. The summed E-state index contributed by atoms with van der Waals surface area (Å²) >= 11 is 5.73. The van der Waals surface area contributed by atoms with Crippen molar-refractivity contribution in [2.24, 2.45) is 5.92 Å². The average Bonchev–Trinajstić information content (AvgIpc) is 2.62. The molecule has 0 saturated heterocycles. The van der Waals surface area contributed by atoms with Gasteiger partial charge in [0, 0.05) is 5.02 Å². The minimum Gasteiger partial charge on any atom is -0.286 e. The van der Waals surface area contributed by atoms with Crippen LogP contribution in [0.2, 0.25) is 5.02 Å². The van der Waals surface area contributed by atoms with Gasteiger partial charge in [0.2, 0.25) is 12.3 Å². The molecule has 0 radical (unpaired) electrons. The predicted molar refractivity (Wildman–Crippen MR) is 95.0 cm³/mol. The molecule has 0 aromatic heterocycles. The summed E-state index contributed by atoms with van der Waals surface area (Å²) in [6.07, 6.45) is 0.298. The van der Waals surface area contributed by atoms with Crippen molar-refractivity contribution >= 4 is 33.9 Å². The second-order valence-electron chi connectivity index (χ2n) is 5.54. The Morgan fingerprint density at radius 3 is 2.35 bits per heavy atom. The van der Waals surface area contributed by atoms with Gasteiger partial charge in [0.15, 0.2) is 0 Å². The van der Waals surface area contributed by atoms with Gasteiger partial charge in [-0.25, -0.2) is 18.2 Å².